The Morgan fingerprint density at radius 2 is 1.90 bits per heavy atom. The highest BCUT2D eigenvalue weighted by atomic mass is 32.1. The summed E-state index contributed by atoms with van der Waals surface area (Å²) < 4.78 is 43.3. The van der Waals surface area contributed by atoms with Gasteiger partial charge >= 0.3 is 6.18 Å². The number of pyridine rings is 1. The number of morpholine rings is 1. The smallest absolute Gasteiger partial charge is 0.378 e. The van der Waals surface area contributed by atoms with Crippen molar-refractivity contribution in [2.75, 3.05) is 31.2 Å². The fourth-order valence-electron chi connectivity index (χ4n) is 2.18. The summed E-state index contributed by atoms with van der Waals surface area (Å²) in [7, 11) is 0. The highest BCUT2D eigenvalue weighted by Gasteiger charge is 2.32. The maximum atomic E-state index is 12.7. The third-order valence-electron chi connectivity index (χ3n) is 3.25. The molecule has 112 valence electrons. The van der Waals surface area contributed by atoms with E-state index in [9.17, 15) is 13.2 Å². The van der Waals surface area contributed by atoms with Gasteiger partial charge in [-0.3, -0.25) is 0 Å². The van der Waals surface area contributed by atoms with Gasteiger partial charge in [0.2, 0.25) is 0 Å². The van der Waals surface area contributed by atoms with Crippen LogP contribution < -0.4 is 4.90 Å². The van der Waals surface area contributed by atoms with Crippen LogP contribution >= 0.6 is 11.3 Å². The topological polar surface area (TPSA) is 25.4 Å². The molecule has 21 heavy (non-hydrogen) atoms. The molecule has 1 saturated heterocycles. The van der Waals surface area contributed by atoms with Crippen molar-refractivity contribution < 1.29 is 17.9 Å². The van der Waals surface area contributed by atoms with Crippen LogP contribution in [-0.4, -0.2) is 31.3 Å². The van der Waals surface area contributed by atoms with Gasteiger partial charge in [0.15, 0.2) is 0 Å². The number of alkyl halides is 3. The molecular weight excluding hydrogens is 301 g/mol. The molecule has 0 unspecified atom stereocenters. The van der Waals surface area contributed by atoms with Crippen LogP contribution in [0.25, 0.3) is 10.4 Å². The van der Waals surface area contributed by atoms with Crippen molar-refractivity contribution in [1.82, 2.24) is 4.98 Å². The maximum Gasteiger partial charge on any atom is 0.425 e. The summed E-state index contributed by atoms with van der Waals surface area (Å²) in [6, 6.07) is 6.19. The Bertz CT molecular complexity index is 621. The van der Waals surface area contributed by atoms with E-state index in [1.807, 2.05) is 6.07 Å². The molecule has 2 aromatic heterocycles. The average Bonchev–Trinajstić information content (AvgIpc) is 2.98. The van der Waals surface area contributed by atoms with Gasteiger partial charge in [0, 0.05) is 24.2 Å². The second-order valence-electron chi connectivity index (χ2n) is 4.66. The predicted molar refractivity (Wildman–Crippen MR) is 75.6 cm³/mol. The first kappa shape index (κ1) is 14.3. The standard InChI is InChI=1S/C14H13F3N2OS/c15-14(16,17)12-2-1-11(21-12)10-3-4-18-13(9-10)19-5-7-20-8-6-19/h1-4,9H,5-8H2. The Labute approximate surface area is 124 Å². The molecule has 0 bridgehead atoms. The van der Waals surface area contributed by atoms with Gasteiger partial charge in [-0.1, -0.05) is 0 Å². The number of thiophene rings is 1. The van der Waals surface area contributed by atoms with E-state index in [2.05, 4.69) is 9.88 Å². The summed E-state index contributed by atoms with van der Waals surface area (Å²) >= 11 is 0.752. The van der Waals surface area contributed by atoms with E-state index in [1.165, 1.54) is 6.07 Å². The van der Waals surface area contributed by atoms with Gasteiger partial charge in [-0.2, -0.15) is 13.2 Å². The number of halogens is 3. The average molecular weight is 314 g/mol. The van der Waals surface area contributed by atoms with Crippen LogP contribution in [-0.2, 0) is 10.9 Å². The van der Waals surface area contributed by atoms with Crippen molar-refractivity contribution in [3.05, 3.63) is 35.3 Å². The summed E-state index contributed by atoms with van der Waals surface area (Å²) in [5.74, 6) is 0.776. The molecule has 7 heteroatoms. The second-order valence-corrected chi connectivity index (χ2v) is 5.75. The molecule has 0 atom stereocenters. The molecule has 1 fully saturated rings. The molecule has 3 nitrogen and oxygen atoms in total. The van der Waals surface area contributed by atoms with Crippen molar-refractivity contribution in [3.8, 4) is 10.4 Å². The number of ether oxygens (including phenoxy) is 1. The Morgan fingerprint density at radius 1 is 1.14 bits per heavy atom. The van der Waals surface area contributed by atoms with Crippen molar-refractivity contribution in [2.24, 2.45) is 0 Å². The summed E-state index contributed by atoms with van der Waals surface area (Å²) in [6.07, 6.45) is -2.66. The lowest BCUT2D eigenvalue weighted by atomic mass is 10.2. The minimum Gasteiger partial charge on any atom is -0.378 e. The molecule has 0 spiro atoms. The van der Waals surface area contributed by atoms with Crippen LogP contribution in [0.1, 0.15) is 4.88 Å². The first-order chi connectivity index (χ1) is 10.0. The monoisotopic (exact) mass is 314 g/mol. The zero-order valence-electron chi connectivity index (χ0n) is 11.1. The number of hydrogen-bond donors (Lipinski definition) is 0. The van der Waals surface area contributed by atoms with Crippen LogP contribution in [0.15, 0.2) is 30.5 Å². The molecule has 0 saturated carbocycles. The van der Waals surface area contributed by atoms with Crippen molar-refractivity contribution in [1.29, 1.82) is 0 Å². The van der Waals surface area contributed by atoms with Crippen LogP contribution in [0.4, 0.5) is 19.0 Å². The van der Waals surface area contributed by atoms with Crippen molar-refractivity contribution in [2.45, 2.75) is 6.18 Å². The zero-order chi connectivity index (χ0) is 14.9. The number of aromatic nitrogens is 1. The lowest BCUT2D eigenvalue weighted by Gasteiger charge is -2.27. The minimum absolute atomic E-state index is 0.581. The van der Waals surface area contributed by atoms with Gasteiger partial charge in [-0.15, -0.1) is 11.3 Å². The van der Waals surface area contributed by atoms with Crippen LogP contribution in [0.2, 0.25) is 0 Å². The fourth-order valence-corrected chi connectivity index (χ4v) is 3.05. The molecule has 0 N–H and O–H groups in total. The normalized spacial score (nSPS) is 16.2. The van der Waals surface area contributed by atoms with E-state index in [-0.39, 0.29) is 0 Å². The summed E-state index contributed by atoms with van der Waals surface area (Å²) in [6.45, 7) is 2.77. The Kier molecular flexibility index (Phi) is 3.86. The van der Waals surface area contributed by atoms with Gasteiger partial charge in [0.05, 0.1) is 13.2 Å². The molecular formula is C14H13F3N2OS. The quantitative estimate of drug-likeness (QED) is 0.846. The molecule has 2 aromatic rings. The van der Waals surface area contributed by atoms with Gasteiger partial charge < -0.3 is 9.64 Å². The van der Waals surface area contributed by atoms with Gasteiger partial charge in [-0.05, 0) is 29.8 Å². The SMILES string of the molecule is FC(F)(F)c1ccc(-c2ccnc(N3CCOCC3)c2)s1. The second kappa shape index (κ2) is 5.65. The van der Waals surface area contributed by atoms with E-state index in [0.717, 1.165) is 41.9 Å². The van der Waals surface area contributed by atoms with Gasteiger partial charge in [0.25, 0.3) is 0 Å². The first-order valence-corrected chi connectivity index (χ1v) is 7.32. The molecule has 1 aliphatic heterocycles. The predicted octanol–water partition coefficient (Wildman–Crippen LogP) is 3.67. The van der Waals surface area contributed by atoms with Crippen LogP contribution in [0, 0.1) is 0 Å². The molecule has 3 heterocycles. The summed E-state index contributed by atoms with van der Waals surface area (Å²) in [4.78, 5) is 6.39. The molecule has 0 aliphatic carbocycles. The Hall–Kier alpha value is -1.60. The first-order valence-electron chi connectivity index (χ1n) is 6.50. The number of rotatable bonds is 2. The zero-order valence-corrected chi connectivity index (χ0v) is 11.9. The lowest BCUT2D eigenvalue weighted by Crippen LogP contribution is -2.36. The highest BCUT2D eigenvalue weighted by molar-refractivity contribution is 7.15. The van der Waals surface area contributed by atoms with Crippen LogP contribution in [0.5, 0.6) is 0 Å². The summed E-state index contributed by atoms with van der Waals surface area (Å²) in [5, 5.41) is 0. The van der Waals surface area contributed by atoms with E-state index in [0.29, 0.717) is 18.1 Å². The number of nitrogens with zero attached hydrogens (tertiary/aromatic N) is 2. The molecule has 0 aromatic carbocycles. The Morgan fingerprint density at radius 3 is 2.57 bits per heavy atom. The lowest BCUT2D eigenvalue weighted by molar-refractivity contribution is -0.134. The van der Waals surface area contributed by atoms with E-state index in [1.54, 1.807) is 12.3 Å². The van der Waals surface area contributed by atoms with Crippen molar-refractivity contribution in [3.63, 3.8) is 0 Å². The third kappa shape index (κ3) is 3.19. The molecule has 1 aliphatic rings. The number of anilines is 1. The van der Waals surface area contributed by atoms with Gasteiger partial charge in [-0.25, -0.2) is 4.98 Å². The van der Waals surface area contributed by atoms with E-state index >= 15 is 0 Å². The molecule has 0 radical (unpaired) electrons. The fraction of sp³-hybridized carbons (Fsp3) is 0.357. The minimum atomic E-state index is -4.29. The van der Waals surface area contributed by atoms with Crippen LogP contribution in [0.3, 0.4) is 0 Å². The highest BCUT2D eigenvalue weighted by Crippen LogP contribution is 2.38. The van der Waals surface area contributed by atoms with Crippen molar-refractivity contribution >= 4 is 17.2 Å². The van der Waals surface area contributed by atoms with Gasteiger partial charge in [0.1, 0.15) is 10.7 Å². The molecule has 3 rings (SSSR count). The van der Waals surface area contributed by atoms with E-state index in [4.69, 9.17) is 4.74 Å². The molecule has 0 amide bonds. The van der Waals surface area contributed by atoms with E-state index < -0.39 is 11.1 Å². The number of hydrogen-bond acceptors (Lipinski definition) is 4. The largest absolute Gasteiger partial charge is 0.425 e. The maximum absolute atomic E-state index is 12.7. The third-order valence-corrected chi connectivity index (χ3v) is 4.43. The Balaban J connectivity index is 1.87. The summed E-state index contributed by atoms with van der Waals surface area (Å²) in [5.41, 5.74) is 0.756.